The zero-order valence-corrected chi connectivity index (χ0v) is 13.0. The van der Waals surface area contributed by atoms with Crippen LogP contribution in [-0.4, -0.2) is 42.5 Å². The molecule has 1 N–H and O–H groups in total. The van der Waals surface area contributed by atoms with Gasteiger partial charge in [0.15, 0.2) is 0 Å². The van der Waals surface area contributed by atoms with Crippen LogP contribution in [0.3, 0.4) is 0 Å². The molecule has 132 valence electrons. The van der Waals surface area contributed by atoms with Crippen LogP contribution in [-0.2, 0) is 27.0 Å². The fourth-order valence-electron chi connectivity index (χ4n) is 2.33. The van der Waals surface area contributed by atoms with Gasteiger partial charge >= 0.3 is 12.1 Å². The van der Waals surface area contributed by atoms with Crippen LogP contribution in [0.15, 0.2) is 36.0 Å². The lowest BCUT2D eigenvalue weighted by molar-refractivity contribution is -0.144. The maximum Gasteiger partial charge on any atom is 0.416 e. The van der Waals surface area contributed by atoms with Crippen LogP contribution in [0.1, 0.15) is 17.5 Å². The SMILES string of the molecule is COCCC1ON(CCc2ccc(C(F)(F)F)cc2)C=C1C(=O)O. The van der Waals surface area contributed by atoms with Crippen LogP contribution >= 0.6 is 0 Å². The summed E-state index contributed by atoms with van der Waals surface area (Å²) in [5.74, 6) is -1.06. The Morgan fingerprint density at radius 3 is 2.54 bits per heavy atom. The van der Waals surface area contributed by atoms with Crippen LogP contribution in [0.2, 0.25) is 0 Å². The number of hydrogen-bond acceptors (Lipinski definition) is 4. The molecule has 8 heteroatoms. The number of alkyl halides is 3. The van der Waals surface area contributed by atoms with Crippen LogP contribution in [0, 0.1) is 0 Å². The minimum absolute atomic E-state index is 0.138. The molecule has 1 aliphatic rings. The topological polar surface area (TPSA) is 59.0 Å². The second kappa shape index (κ2) is 7.67. The highest BCUT2D eigenvalue weighted by molar-refractivity contribution is 5.88. The van der Waals surface area contributed by atoms with Crippen molar-refractivity contribution in [3.63, 3.8) is 0 Å². The number of rotatable bonds is 7. The number of methoxy groups -OCH3 is 1. The third kappa shape index (κ3) is 4.72. The molecule has 0 aromatic heterocycles. The summed E-state index contributed by atoms with van der Waals surface area (Å²) in [5.41, 5.74) is 0.146. The molecule has 0 bridgehead atoms. The summed E-state index contributed by atoms with van der Waals surface area (Å²) in [4.78, 5) is 16.7. The molecule has 1 atom stereocenters. The molecular weight excluding hydrogens is 327 g/mol. The number of benzene rings is 1. The van der Waals surface area contributed by atoms with Crippen molar-refractivity contribution >= 4 is 5.97 Å². The Hall–Kier alpha value is -2.06. The molecule has 1 aromatic carbocycles. The van der Waals surface area contributed by atoms with E-state index in [1.54, 1.807) is 0 Å². The molecule has 1 aromatic rings. The van der Waals surface area contributed by atoms with Gasteiger partial charge in [0.25, 0.3) is 0 Å². The molecule has 0 radical (unpaired) electrons. The third-order valence-corrected chi connectivity index (χ3v) is 3.63. The highest BCUT2D eigenvalue weighted by Crippen LogP contribution is 2.29. The van der Waals surface area contributed by atoms with Crippen molar-refractivity contribution in [1.82, 2.24) is 5.06 Å². The van der Waals surface area contributed by atoms with E-state index in [9.17, 15) is 23.1 Å². The van der Waals surface area contributed by atoms with Gasteiger partial charge in [-0.15, -0.1) is 0 Å². The van der Waals surface area contributed by atoms with Gasteiger partial charge in [-0.2, -0.15) is 13.2 Å². The van der Waals surface area contributed by atoms with E-state index >= 15 is 0 Å². The Balaban J connectivity index is 1.93. The largest absolute Gasteiger partial charge is 0.478 e. The Bertz CT molecular complexity index is 598. The Morgan fingerprint density at radius 2 is 2.00 bits per heavy atom. The Kier molecular flexibility index (Phi) is 5.84. The fourth-order valence-corrected chi connectivity index (χ4v) is 2.33. The van der Waals surface area contributed by atoms with Gasteiger partial charge in [0.1, 0.15) is 6.10 Å². The lowest BCUT2D eigenvalue weighted by Gasteiger charge is -2.18. The number of carboxylic acid groups (broad SMARTS) is 1. The van der Waals surface area contributed by atoms with Gasteiger partial charge in [0, 0.05) is 32.9 Å². The molecule has 0 saturated heterocycles. The van der Waals surface area contributed by atoms with E-state index in [1.807, 2.05) is 0 Å². The fraction of sp³-hybridized carbons (Fsp3) is 0.438. The standard InChI is InChI=1S/C16H18F3NO4/c1-23-9-7-14-13(15(21)22)10-20(24-14)8-6-11-2-4-12(5-3-11)16(17,18)19/h2-5,10,14H,6-9H2,1H3,(H,21,22). The summed E-state index contributed by atoms with van der Waals surface area (Å²) in [7, 11) is 1.52. The molecule has 0 amide bonds. The van der Waals surface area contributed by atoms with E-state index in [0.29, 0.717) is 31.6 Å². The molecular formula is C16H18F3NO4. The quantitative estimate of drug-likeness (QED) is 0.823. The van der Waals surface area contributed by atoms with E-state index in [0.717, 1.165) is 12.1 Å². The van der Waals surface area contributed by atoms with Gasteiger partial charge in [-0.25, -0.2) is 4.79 Å². The first-order valence-corrected chi connectivity index (χ1v) is 7.34. The van der Waals surface area contributed by atoms with Crippen molar-refractivity contribution in [3.05, 3.63) is 47.2 Å². The van der Waals surface area contributed by atoms with Crippen molar-refractivity contribution in [2.24, 2.45) is 0 Å². The number of ether oxygens (including phenoxy) is 1. The van der Waals surface area contributed by atoms with E-state index in [1.165, 1.54) is 30.5 Å². The molecule has 1 unspecified atom stereocenters. The van der Waals surface area contributed by atoms with Gasteiger partial charge in [0.2, 0.25) is 0 Å². The minimum atomic E-state index is -4.36. The summed E-state index contributed by atoms with van der Waals surface area (Å²) >= 11 is 0. The average molecular weight is 345 g/mol. The van der Waals surface area contributed by atoms with E-state index in [4.69, 9.17) is 9.57 Å². The summed E-state index contributed by atoms with van der Waals surface area (Å²) < 4.78 is 42.5. The normalized spacial score (nSPS) is 17.9. The lowest BCUT2D eigenvalue weighted by Crippen LogP contribution is -2.23. The van der Waals surface area contributed by atoms with Gasteiger partial charge < -0.3 is 9.84 Å². The number of aliphatic carboxylic acids is 1. The van der Waals surface area contributed by atoms with Crippen LogP contribution in [0.25, 0.3) is 0 Å². The summed E-state index contributed by atoms with van der Waals surface area (Å²) in [5, 5.41) is 10.6. The van der Waals surface area contributed by atoms with Crippen molar-refractivity contribution in [2.75, 3.05) is 20.3 Å². The molecule has 0 fully saturated rings. The summed E-state index contributed by atoms with van der Waals surface area (Å²) in [6, 6.07) is 4.87. The molecule has 2 rings (SSSR count). The smallest absolute Gasteiger partial charge is 0.416 e. The van der Waals surface area contributed by atoms with E-state index in [-0.39, 0.29) is 5.57 Å². The number of hydrogen-bond donors (Lipinski definition) is 1. The third-order valence-electron chi connectivity index (χ3n) is 3.63. The maximum absolute atomic E-state index is 12.5. The zero-order valence-electron chi connectivity index (χ0n) is 13.0. The van der Waals surface area contributed by atoms with Crippen LogP contribution in [0.4, 0.5) is 13.2 Å². The first-order chi connectivity index (χ1) is 11.3. The second-order valence-corrected chi connectivity index (χ2v) is 5.35. The molecule has 0 aliphatic carbocycles. The van der Waals surface area contributed by atoms with Crippen molar-refractivity contribution in [3.8, 4) is 0 Å². The number of carbonyl (C=O) groups is 1. The Morgan fingerprint density at radius 1 is 1.33 bits per heavy atom. The summed E-state index contributed by atoms with van der Waals surface area (Å²) in [6.07, 6.45) is -2.70. The van der Waals surface area contributed by atoms with Gasteiger partial charge in [-0.3, -0.25) is 9.90 Å². The minimum Gasteiger partial charge on any atom is -0.478 e. The first-order valence-electron chi connectivity index (χ1n) is 7.34. The molecule has 5 nitrogen and oxygen atoms in total. The number of hydroxylamine groups is 2. The monoisotopic (exact) mass is 345 g/mol. The predicted octanol–water partition coefficient (Wildman–Crippen LogP) is 2.87. The second-order valence-electron chi connectivity index (χ2n) is 5.35. The van der Waals surface area contributed by atoms with Crippen LogP contribution < -0.4 is 0 Å². The highest BCUT2D eigenvalue weighted by atomic mass is 19.4. The van der Waals surface area contributed by atoms with Crippen LogP contribution in [0.5, 0.6) is 0 Å². The van der Waals surface area contributed by atoms with Gasteiger partial charge in [0.05, 0.1) is 11.1 Å². The molecule has 1 aliphatic heterocycles. The van der Waals surface area contributed by atoms with Crippen molar-refractivity contribution < 1.29 is 32.6 Å². The first kappa shape index (κ1) is 18.3. The zero-order chi connectivity index (χ0) is 17.7. The van der Waals surface area contributed by atoms with E-state index in [2.05, 4.69) is 0 Å². The van der Waals surface area contributed by atoms with Crippen molar-refractivity contribution in [1.29, 1.82) is 0 Å². The summed E-state index contributed by atoms with van der Waals surface area (Å²) in [6.45, 7) is 0.702. The lowest BCUT2D eigenvalue weighted by atomic mass is 10.1. The molecule has 1 heterocycles. The molecule has 24 heavy (non-hydrogen) atoms. The maximum atomic E-state index is 12.5. The molecule has 0 spiro atoms. The molecule has 0 saturated carbocycles. The average Bonchev–Trinajstić information content (AvgIpc) is 2.94. The number of halogens is 3. The number of nitrogens with zero attached hydrogens (tertiary/aromatic N) is 1. The van der Waals surface area contributed by atoms with Gasteiger partial charge in [-0.05, 0) is 24.1 Å². The predicted molar refractivity (Wildman–Crippen MR) is 78.9 cm³/mol. The van der Waals surface area contributed by atoms with E-state index < -0.39 is 23.8 Å². The number of carboxylic acids is 1. The Labute approximate surface area is 137 Å². The van der Waals surface area contributed by atoms with Gasteiger partial charge in [-0.1, -0.05) is 12.1 Å². The highest BCUT2D eigenvalue weighted by Gasteiger charge is 2.31. The van der Waals surface area contributed by atoms with Crippen molar-refractivity contribution in [2.45, 2.75) is 25.1 Å².